The van der Waals surface area contributed by atoms with Crippen molar-refractivity contribution >= 4 is 5.91 Å². The second-order valence-corrected chi connectivity index (χ2v) is 5.75. The molecule has 19 heavy (non-hydrogen) atoms. The first-order chi connectivity index (χ1) is 9.33. The van der Waals surface area contributed by atoms with Crippen molar-refractivity contribution in [1.82, 2.24) is 10.2 Å². The van der Waals surface area contributed by atoms with Crippen LogP contribution in [0.25, 0.3) is 0 Å². The van der Waals surface area contributed by atoms with Gasteiger partial charge in [0.15, 0.2) is 0 Å². The molecule has 1 aromatic rings. The fraction of sp³-hybridized carbons (Fsp3) is 0.562. The number of hydrogen-bond acceptors (Lipinski definition) is 2. The van der Waals surface area contributed by atoms with Gasteiger partial charge in [-0.25, -0.2) is 0 Å². The highest BCUT2D eigenvalue weighted by molar-refractivity contribution is 5.76. The van der Waals surface area contributed by atoms with Crippen LogP contribution in [0.4, 0.5) is 0 Å². The van der Waals surface area contributed by atoms with Gasteiger partial charge >= 0.3 is 0 Å². The SMILES string of the molecule is O=C(CCCc1ccccc1)N1C[C@@H]2CCN[C@@H]2C1. The van der Waals surface area contributed by atoms with Crippen LogP contribution >= 0.6 is 0 Å². The van der Waals surface area contributed by atoms with Gasteiger partial charge in [0.1, 0.15) is 0 Å². The molecule has 2 saturated heterocycles. The van der Waals surface area contributed by atoms with E-state index < -0.39 is 0 Å². The van der Waals surface area contributed by atoms with Crippen LogP contribution in [0.1, 0.15) is 24.8 Å². The Hall–Kier alpha value is -1.35. The van der Waals surface area contributed by atoms with E-state index in [1.165, 1.54) is 12.0 Å². The van der Waals surface area contributed by atoms with Crippen molar-refractivity contribution < 1.29 is 4.79 Å². The molecule has 0 spiro atoms. The lowest BCUT2D eigenvalue weighted by atomic mass is 10.1. The van der Waals surface area contributed by atoms with Crippen molar-refractivity contribution in [1.29, 1.82) is 0 Å². The van der Waals surface area contributed by atoms with E-state index in [1.807, 2.05) is 6.07 Å². The van der Waals surface area contributed by atoms with Crippen LogP contribution in [-0.2, 0) is 11.2 Å². The standard InChI is InChI=1S/C16H22N2O/c19-16(8-4-7-13-5-2-1-3-6-13)18-11-14-9-10-17-15(14)12-18/h1-3,5-6,14-15,17H,4,7-12H2/t14-,15+/m0/s1. The van der Waals surface area contributed by atoms with E-state index >= 15 is 0 Å². The van der Waals surface area contributed by atoms with Crippen molar-refractivity contribution in [3.63, 3.8) is 0 Å². The van der Waals surface area contributed by atoms with E-state index in [1.54, 1.807) is 0 Å². The molecular formula is C16H22N2O. The number of carbonyl (C=O) groups excluding carboxylic acids is 1. The number of benzene rings is 1. The van der Waals surface area contributed by atoms with E-state index in [4.69, 9.17) is 0 Å². The molecule has 2 aliphatic rings. The van der Waals surface area contributed by atoms with Gasteiger partial charge in [-0.3, -0.25) is 4.79 Å². The van der Waals surface area contributed by atoms with Gasteiger partial charge in [0.05, 0.1) is 0 Å². The zero-order chi connectivity index (χ0) is 13.1. The van der Waals surface area contributed by atoms with E-state index in [-0.39, 0.29) is 0 Å². The molecule has 2 heterocycles. The van der Waals surface area contributed by atoms with Gasteiger partial charge < -0.3 is 10.2 Å². The smallest absolute Gasteiger partial charge is 0.222 e. The molecule has 0 radical (unpaired) electrons. The molecule has 0 bridgehead atoms. The maximum atomic E-state index is 12.2. The van der Waals surface area contributed by atoms with E-state index in [2.05, 4.69) is 34.5 Å². The fourth-order valence-electron chi connectivity index (χ4n) is 3.30. The maximum Gasteiger partial charge on any atom is 0.222 e. The molecule has 3 heteroatoms. The molecule has 2 fully saturated rings. The first-order valence-corrected chi connectivity index (χ1v) is 7.38. The van der Waals surface area contributed by atoms with Gasteiger partial charge in [-0.05, 0) is 37.3 Å². The lowest BCUT2D eigenvalue weighted by molar-refractivity contribution is -0.130. The Labute approximate surface area is 115 Å². The number of nitrogens with one attached hydrogen (secondary N) is 1. The van der Waals surface area contributed by atoms with Crippen molar-refractivity contribution in [3.8, 4) is 0 Å². The normalized spacial score (nSPS) is 25.6. The lowest BCUT2D eigenvalue weighted by Crippen LogP contribution is -2.33. The van der Waals surface area contributed by atoms with Crippen LogP contribution in [-0.4, -0.2) is 36.5 Å². The van der Waals surface area contributed by atoms with E-state index in [0.29, 0.717) is 24.3 Å². The predicted octanol–water partition coefficient (Wildman–Crippen LogP) is 1.83. The largest absolute Gasteiger partial charge is 0.341 e. The molecule has 0 aromatic heterocycles. The Morgan fingerprint density at radius 1 is 1.26 bits per heavy atom. The monoisotopic (exact) mass is 258 g/mol. The molecule has 2 atom stereocenters. The van der Waals surface area contributed by atoms with Crippen LogP contribution < -0.4 is 5.32 Å². The summed E-state index contributed by atoms with van der Waals surface area (Å²) in [4.78, 5) is 14.2. The Morgan fingerprint density at radius 3 is 2.89 bits per heavy atom. The summed E-state index contributed by atoms with van der Waals surface area (Å²) in [7, 11) is 0. The minimum Gasteiger partial charge on any atom is -0.341 e. The number of likely N-dealkylation sites (tertiary alicyclic amines) is 1. The quantitative estimate of drug-likeness (QED) is 0.893. The van der Waals surface area contributed by atoms with Gasteiger partial charge in [-0.15, -0.1) is 0 Å². The van der Waals surface area contributed by atoms with Gasteiger partial charge in [0.2, 0.25) is 5.91 Å². The third-order valence-corrected chi connectivity index (χ3v) is 4.41. The summed E-state index contributed by atoms with van der Waals surface area (Å²) in [5.74, 6) is 1.05. The average Bonchev–Trinajstić information content (AvgIpc) is 3.00. The Bertz CT molecular complexity index is 420. The highest BCUT2D eigenvalue weighted by Crippen LogP contribution is 2.25. The fourth-order valence-corrected chi connectivity index (χ4v) is 3.30. The zero-order valence-electron chi connectivity index (χ0n) is 11.3. The molecule has 2 aliphatic heterocycles. The first-order valence-electron chi connectivity index (χ1n) is 7.38. The summed E-state index contributed by atoms with van der Waals surface area (Å²) >= 11 is 0. The molecule has 3 nitrogen and oxygen atoms in total. The van der Waals surface area contributed by atoms with E-state index in [9.17, 15) is 4.79 Å². The summed E-state index contributed by atoms with van der Waals surface area (Å²) in [6.45, 7) is 3.03. The number of aryl methyl sites for hydroxylation is 1. The first kappa shape index (κ1) is 12.7. The van der Waals surface area contributed by atoms with E-state index in [0.717, 1.165) is 32.5 Å². The number of carbonyl (C=O) groups is 1. The zero-order valence-corrected chi connectivity index (χ0v) is 11.3. The van der Waals surface area contributed by atoms with Gasteiger partial charge in [0, 0.05) is 25.6 Å². The van der Waals surface area contributed by atoms with Crippen molar-refractivity contribution in [2.75, 3.05) is 19.6 Å². The van der Waals surface area contributed by atoms with Gasteiger partial charge in [-0.1, -0.05) is 30.3 Å². The van der Waals surface area contributed by atoms with Crippen LogP contribution in [0.2, 0.25) is 0 Å². The minimum atomic E-state index is 0.340. The van der Waals surface area contributed by atoms with Crippen molar-refractivity contribution in [3.05, 3.63) is 35.9 Å². The Kier molecular flexibility index (Phi) is 3.83. The summed E-state index contributed by atoms with van der Waals surface area (Å²) in [5.41, 5.74) is 1.33. The third-order valence-electron chi connectivity index (χ3n) is 4.41. The molecule has 1 N–H and O–H groups in total. The highest BCUT2D eigenvalue weighted by Gasteiger charge is 2.37. The summed E-state index contributed by atoms with van der Waals surface area (Å²) in [5, 5.41) is 3.49. The molecule has 0 saturated carbocycles. The topological polar surface area (TPSA) is 32.3 Å². The lowest BCUT2D eigenvalue weighted by Gasteiger charge is -2.17. The molecule has 1 amide bonds. The highest BCUT2D eigenvalue weighted by atomic mass is 16.2. The molecule has 1 aromatic carbocycles. The van der Waals surface area contributed by atoms with Gasteiger partial charge in [0.25, 0.3) is 0 Å². The van der Waals surface area contributed by atoms with Crippen molar-refractivity contribution in [2.24, 2.45) is 5.92 Å². The number of amides is 1. The number of rotatable bonds is 4. The van der Waals surface area contributed by atoms with Crippen LogP contribution in [0, 0.1) is 5.92 Å². The maximum absolute atomic E-state index is 12.2. The van der Waals surface area contributed by atoms with Crippen molar-refractivity contribution in [2.45, 2.75) is 31.7 Å². The second kappa shape index (κ2) is 5.74. The Morgan fingerprint density at radius 2 is 2.11 bits per heavy atom. The summed E-state index contributed by atoms with van der Waals surface area (Å²) in [6.07, 6.45) is 3.89. The summed E-state index contributed by atoms with van der Waals surface area (Å²) < 4.78 is 0. The van der Waals surface area contributed by atoms with Crippen LogP contribution in [0.15, 0.2) is 30.3 Å². The molecule has 3 rings (SSSR count). The molecule has 0 aliphatic carbocycles. The summed E-state index contributed by atoms with van der Waals surface area (Å²) in [6, 6.07) is 11.0. The minimum absolute atomic E-state index is 0.340. The third kappa shape index (κ3) is 2.98. The Balaban J connectivity index is 1.42. The number of hydrogen-bond donors (Lipinski definition) is 1. The second-order valence-electron chi connectivity index (χ2n) is 5.75. The molecule has 102 valence electrons. The predicted molar refractivity (Wildman–Crippen MR) is 75.9 cm³/mol. The number of fused-ring (bicyclic) bond motifs is 1. The molecule has 0 unspecified atom stereocenters. The number of nitrogens with zero attached hydrogens (tertiary/aromatic N) is 1. The molecular weight excluding hydrogens is 236 g/mol. The van der Waals surface area contributed by atoms with Gasteiger partial charge in [-0.2, -0.15) is 0 Å². The van der Waals surface area contributed by atoms with Crippen LogP contribution in [0.3, 0.4) is 0 Å². The van der Waals surface area contributed by atoms with Crippen LogP contribution in [0.5, 0.6) is 0 Å². The average molecular weight is 258 g/mol.